The van der Waals surface area contributed by atoms with Crippen molar-refractivity contribution >= 4 is 15.8 Å². The molecule has 0 radical (unpaired) electrons. The molecule has 0 amide bonds. The van der Waals surface area contributed by atoms with Gasteiger partial charge in [-0.15, -0.1) is 0 Å². The fraction of sp³-hybridized carbons (Fsp3) is 0.837. The highest BCUT2D eigenvalue weighted by atomic mass is 32.2. The number of carboxylic acids is 1. The molecule has 5 fully saturated rings. The molecule has 6 aliphatic carbocycles. The van der Waals surface area contributed by atoms with Gasteiger partial charge in [0.2, 0.25) is 0 Å². The average molecular weight is 727 g/mol. The number of nitrogens with one attached hydrogen (secondary N) is 1. The molecule has 8 heteroatoms. The zero-order valence-electron chi connectivity index (χ0n) is 32.5. The maximum absolute atomic E-state index is 14.1. The third-order valence-electron chi connectivity index (χ3n) is 17.5. The van der Waals surface area contributed by atoms with E-state index in [9.17, 15) is 22.7 Å². The molecule has 11 atom stereocenters. The van der Waals surface area contributed by atoms with Crippen LogP contribution in [-0.4, -0.2) is 74.3 Å². The Balaban J connectivity index is 1.14. The Morgan fingerprint density at radius 1 is 0.961 bits per heavy atom. The Bertz CT molecular complexity index is 1570. The molecule has 7 aliphatic rings. The zero-order chi connectivity index (χ0) is 36.8. The first-order chi connectivity index (χ1) is 23.9. The van der Waals surface area contributed by atoms with E-state index in [1.165, 1.54) is 68.1 Å². The number of sulfone groups is 1. The molecule has 51 heavy (non-hydrogen) atoms. The zero-order valence-corrected chi connectivity index (χ0v) is 33.4. The Labute approximate surface area is 308 Å². The van der Waals surface area contributed by atoms with Gasteiger partial charge in [-0.3, -0.25) is 9.18 Å². The van der Waals surface area contributed by atoms with Gasteiger partial charge in [-0.1, -0.05) is 58.9 Å². The average Bonchev–Trinajstić information content (AvgIpc) is 3.45. The topological polar surface area (TPSA) is 86.7 Å². The first-order valence-corrected chi connectivity index (χ1v) is 22.3. The summed E-state index contributed by atoms with van der Waals surface area (Å²) in [5, 5.41) is 13.9. The minimum atomic E-state index is -2.87. The molecule has 0 aromatic heterocycles. The monoisotopic (exact) mass is 726 g/mol. The van der Waals surface area contributed by atoms with Crippen LogP contribution in [0.5, 0.6) is 0 Å². The molecule has 2 N–H and O–H groups in total. The summed E-state index contributed by atoms with van der Waals surface area (Å²) < 4.78 is 38.2. The van der Waals surface area contributed by atoms with Crippen molar-refractivity contribution in [1.29, 1.82) is 0 Å². The van der Waals surface area contributed by atoms with E-state index < -0.39 is 34.3 Å². The van der Waals surface area contributed by atoms with Gasteiger partial charge in [0.25, 0.3) is 0 Å². The fourth-order valence-corrected chi connectivity index (χ4v) is 16.0. The predicted molar refractivity (Wildman–Crippen MR) is 204 cm³/mol. The summed E-state index contributed by atoms with van der Waals surface area (Å²) in [5.41, 5.74) is 4.69. The molecule has 0 bridgehead atoms. The normalized spacial score (nSPS) is 46.1. The molecule has 1 heterocycles. The van der Waals surface area contributed by atoms with E-state index in [1.54, 1.807) is 0 Å². The molecule has 4 saturated carbocycles. The van der Waals surface area contributed by atoms with E-state index in [0.717, 1.165) is 25.9 Å². The predicted octanol–water partition coefficient (Wildman–Crippen LogP) is 8.26. The number of carboxylic acid groups (broad SMARTS) is 1. The van der Waals surface area contributed by atoms with Crippen LogP contribution < -0.4 is 5.32 Å². The lowest BCUT2D eigenvalue weighted by Gasteiger charge is -2.72. The standard InChI is InChI=1S/C43H67FN2O4S/c1-28(2)31-12-17-43(45-20-21-46-22-24-51(49,50)25-23-46)19-18-41(6)34(37(31)43)10-11-36-40(5)15-13-33(39(3,4)35(40)14-16-42(36,41)7)29-8-9-32(38(47)48)30(26-29)27-44/h13,26,30-32,34-37,45H,1,8-12,14-25,27H2,2-7H3,(H,47,48)/t30?,31-,32?,34+,35-,36+,37+,40-,41+,42+,43-/m0/s1. The molecular weight excluding hydrogens is 660 g/mol. The number of allylic oxidation sites excluding steroid dienone is 5. The van der Waals surface area contributed by atoms with Crippen LogP contribution in [0.25, 0.3) is 0 Å². The Kier molecular flexibility index (Phi) is 9.68. The first kappa shape index (κ1) is 37.8. The Morgan fingerprint density at radius 3 is 2.35 bits per heavy atom. The molecular formula is C43H67FN2O4S. The van der Waals surface area contributed by atoms with Crippen molar-refractivity contribution in [3.63, 3.8) is 0 Å². The van der Waals surface area contributed by atoms with Crippen LogP contribution in [0.4, 0.5) is 4.39 Å². The maximum Gasteiger partial charge on any atom is 0.307 e. The number of hydrogen-bond donors (Lipinski definition) is 2. The number of halogens is 1. The number of aliphatic carboxylic acids is 1. The van der Waals surface area contributed by atoms with Crippen molar-refractivity contribution in [2.45, 2.75) is 118 Å². The van der Waals surface area contributed by atoms with Gasteiger partial charge in [0.05, 0.1) is 24.1 Å². The summed E-state index contributed by atoms with van der Waals surface area (Å²) in [6, 6.07) is 0. The molecule has 0 aromatic carbocycles. The van der Waals surface area contributed by atoms with Crippen molar-refractivity contribution in [3.8, 4) is 0 Å². The molecule has 6 nitrogen and oxygen atoms in total. The summed E-state index contributed by atoms with van der Waals surface area (Å²) in [7, 11) is -2.87. The molecule has 2 unspecified atom stereocenters. The van der Waals surface area contributed by atoms with Crippen LogP contribution in [0, 0.1) is 63.1 Å². The van der Waals surface area contributed by atoms with Crippen molar-refractivity contribution in [2.75, 3.05) is 44.4 Å². The lowest BCUT2D eigenvalue weighted by Crippen LogP contribution is -2.68. The van der Waals surface area contributed by atoms with Crippen LogP contribution in [0.3, 0.4) is 0 Å². The van der Waals surface area contributed by atoms with E-state index in [2.05, 4.69) is 64.4 Å². The van der Waals surface area contributed by atoms with Crippen LogP contribution in [0.15, 0.2) is 35.5 Å². The minimum Gasteiger partial charge on any atom is -0.481 e. The molecule has 0 spiro atoms. The van der Waals surface area contributed by atoms with Gasteiger partial charge in [0, 0.05) is 37.6 Å². The van der Waals surface area contributed by atoms with Crippen molar-refractivity contribution in [3.05, 3.63) is 35.5 Å². The summed E-state index contributed by atoms with van der Waals surface area (Å²) in [5.74, 6) is 1.52. The van der Waals surface area contributed by atoms with E-state index in [-0.39, 0.29) is 38.7 Å². The number of carbonyl (C=O) groups is 1. The summed E-state index contributed by atoms with van der Waals surface area (Å²) >= 11 is 0. The highest BCUT2D eigenvalue weighted by Gasteiger charge is 2.70. The quantitative estimate of drug-likeness (QED) is 0.245. The number of rotatable bonds is 8. The van der Waals surface area contributed by atoms with Crippen LogP contribution in [0.2, 0.25) is 0 Å². The molecule has 286 valence electrons. The first-order valence-electron chi connectivity index (χ1n) is 20.5. The van der Waals surface area contributed by atoms with Crippen molar-refractivity contribution in [2.24, 2.45) is 63.1 Å². The lowest BCUT2D eigenvalue weighted by atomic mass is 9.33. The SMILES string of the molecule is C=C(C)[C@@H]1CC[C@]2(NCCN3CCS(=O)(=O)CC3)CC[C@]3(C)[C@H](CC[C@@H]4[C@@]5(C)CC=C(C6=CC(CF)C(C(=O)O)CC6)C(C)(C)[C@@H]5CC[C@]43C)[C@@H]12. The summed E-state index contributed by atoms with van der Waals surface area (Å²) in [4.78, 5) is 14.2. The van der Waals surface area contributed by atoms with E-state index in [4.69, 9.17) is 0 Å². The lowest BCUT2D eigenvalue weighted by molar-refractivity contribution is -0.221. The second-order valence-electron chi connectivity index (χ2n) is 19.8. The third kappa shape index (κ3) is 5.88. The fourth-order valence-electron chi connectivity index (χ4n) is 14.7. The maximum atomic E-state index is 14.1. The molecule has 1 saturated heterocycles. The van der Waals surface area contributed by atoms with Gasteiger partial charge in [-0.2, -0.15) is 0 Å². The van der Waals surface area contributed by atoms with Gasteiger partial charge in [-0.05, 0) is 140 Å². The molecule has 1 aliphatic heterocycles. The largest absolute Gasteiger partial charge is 0.481 e. The molecule has 0 aromatic rings. The van der Waals surface area contributed by atoms with Crippen molar-refractivity contribution in [1.82, 2.24) is 10.2 Å². The Hall–Kier alpha value is -1.51. The second-order valence-corrected chi connectivity index (χ2v) is 22.1. The summed E-state index contributed by atoms with van der Waals surface area (Å²) in [6.45, 7) is 22.3. The van der Waals surface area contributed by atoms with E-state index in [0.29, 0.717) is 49.1 Å². The summed E-state index contributed by atoms with van der Waals surface area (Å²) in [6.07, 6.45) is 16.7. The Morgan fingerprint density at radius 2 is 1.69 bits per heavy atom. The van der Waals surface area contributed by atoms with E-state index in [1.807, 2.05) is 6.08 Å². The van der Waals surface area contributed by atoms with E-state index >= 15 is 0 Å². The van der Waals surface area contributed by atoms with Gasteiger partial charge in [0.15, 0.2) is 9.84 Å². The van der Waals surface area contributed by atoms with Gasteiger partial charge < -0.3 is 15.3 Å². The number of alkyl halides is 1. The van der Waals surface area contributed by atoms with Gasteiger partial charge in [-0.25, -0.2) is 8.42 Å². The van der Waals surface area contributed by atoms with Crippen molar-refractivity contribution < 1.29 is 22.7 Å². The van der Waals surface area contributed by atoms with Crippen LogP contribution >= 0.6 is 0 Å². The highest BCUT2D eigenvalue weighted by Crippen LogP contribution is 2.76. The number of hydrogen-bond acceptors (Lipinski definition) is 5. The highest BCUT2D eigenvalue weighted by molar-refractivity contribution is 7.91. The third-order valence-corrected chi connectivity index (χ3v) is 19.1. The van der Waals surface area contributed by atoms with Crippen LogP contribution in [0.1, 0.15) is 112 Å². The smallest absolute Gasteiger partial charge is 0.307 e. The minimum absolute atomic E-state index is 0.0461. The van der Waals surface area contributed by atoms with Gasteiger partial charge >= 0.3 is 5.97 Å². The number of fused-ring (bicyclic) bond motifs is 7. The number of nitrogens with zero attached hydrogens (tertiary/aromatic N) is 1. The second kappa shape index (κ2) is 13.1. The van der Waals surface area contributed by atoms with Crippen LogP contribution in [-0.2, 0) is 14.6 Å². The molecule has 7 rings (SSSR count). The van der Waals surface area contributed by atoms with Gasteiger partial charge in [0.1, 0.15) is 0 Å².